The van der Waals surface area contributed by atoms with Crippen LogP contribution in [0.15, 0.2) is 42.5 Å². The van der Waals surface area contributed by atoms with Crippen molar-refractivity contribution in [2.75, 3.05) is 13.7 Å². The predicted molar refractivity (Wildman–Crippen MR) is 84.5 cm³/mol. The van der Waals surface area contributed by atoms with E-state index in [2.05, 4.69) is 0 Å². The van der Waals surface area contributed by atoms with E-state index in [0.29, 0.717) is 12.3 Å². The number of carbonyl (C=O) groups excluding carboxylic acids is 1. The summed E-state index contributed by atoms with van der Waals surface area (Å²) >= 11 is 0. The highest BCUT2D eigenvalue weighted by atomic mass is 19.1. The van der Waals surface area contributed by atoms with Crippen molar-refractivity contribution >= 4 is 5.91 Å². The van der Waals surface area contributed by atoms with E-state index in [-0.39, 0.29) is 11.6 Å². The maximum atomic E-state index is 13.9. The maximum Gasteiger partial charge on any atom is 0.257 e. The lowest BCUT2D eigenvalue weighted by atomic mass is 10.0. The van der Waals surface area contributed by atoms with Crippen LogP contribution in [0.25, 0.3) is 0 Å². The third-order valence-corrected chi connectivity index (χ3v) is 3.80. The summed E-state index contributed by atoms with van der Waals surface area (Å²) < 4.78 is 32.4. The average Bonchev–Trinajstić information content (AvgIpc) is 2.57. The molecule has 2 aromatic carbocycles. The van der Waals surface area contributed by atoms with Crippen LogP contribution in [0.1, 0.15) is 35.8 Å². The van der Waals surface area contributed by atoms with Crippen molar-refractivity contribution in [3.63, 3.8) is 0 Å². The molecule has 0 N–H and O–H groups in total. The molecule has 0 heterocycles. The van der Waals surface area contributed by atoms with E-state index >= 15 is 0 Å². The fourth-order valence-electron chi connectivity index (χ4n) is 2.49. The van der Waals surface area contributed by atoms with E-state index in [4.69, 9.17) is 4.74 Å². The molecule has 0 aliphatic heterocycles. The van der Waals surface area contributed by atoms with E-state index < -0.39 is 17.5 Å². The van der Waals surface area contributed by atoms with E-state index in [1.54, 1.807) is 20.1 Å². The van der Waals surface area contributed by atoms with E-state index in [1.807, 2.05) is 25.1 Å². The van der Waals surface area contributed by atoms with Gasteiger partial charge in [-0.15, -0.1) is 0 Å². The first-order chi connectivity index (χ1) is 11.0. The van der Waals surface area contributed by atoms with Crippen LogP contribution in [0.4, 0.5) is 8.78 Å². The quantitative estimate of drug-likeness (QED) is 0.827. The van der Waals surface area contributed by atoms with Crippen LogP contribution < -0.4 is 4.74 Å². The van der Waals surface area contributed by atoms with Gasteiger partial charge < -0.3 is 9.64 Å². The molecule has 0 bridgehead atoms. The van der Waals surface area contributed by atoms with Crippen LogP contribution in [-0.2, 0) is 0 Å². The monoisotopic (exact) mass is 319 g/mol. The number of methoxy groups -OCH3 is 1. The highest BCUT2D eigenvalue weighted by Gasteiger charge is 2.24. The molecule has 0 aromatic heterocycles. The summed E-state index contributed by atoms with van der Waals surface area (Å²) in [6.07, 6.45) is 0. The number of hydrogen-bond donors (Lipinski definition) is 0. The molecule has 0 aliphatic rings. The summed E-state index contributed by atoms with van der Waals surface area (Å²) in [7, 11) is 1.56. The molecule has 3 nitrogen and oxygen atoms in total. The van der Waals surface area contributed by atoms with Gasteiger partial charge in [-0.3, -0.25) is 4.79 Å². The molecule has 2 aromatic rings. The van der Waals surface area contributed by atoms with Gasteiger partial charge in [-0.25, -0.2) is 8.78 Å². The second-order valence-corrected chi connectivity index (χ2v) is 5.17. The van der Waals surface area contributed by atoms with Crippen LogP contribution in [0.3, 0.4) is 0 Å². The Kier molecular flexibility index (Phi) is 5.32. The molecule has 0 radical (unpaired) electrons. The summed E-state index contributed by atoms with van der Waals surface area (Å²) in [5.74, 6) is -1.23. The van der Waals surface area contributed by atoms with Gasteiger partial charge in [-0.1, -0.05) is 12.1 Å². The van der Waals surface area contributed by atoms with Gasteiger partial charge >= 0.3 is 0 Å². The van der Waals surface area contributed by atoms with Crippen LogP contribution >= 0.6 is 0 Å². The molecular weight excluding hydrogens is 300 g/mol. The summed E-state index contributed by atoms with van der Waals surface area (Å²) in [5, 5.41) is 0. The largest absolute Gasteiger partial charge is 0.497 e. The molecular formula is C18H19F2NO2. The maximum absolute atomic E-state index is 13.9. The van der Waals surface area contributed by atoms with Gasteiger partial charge in [-0.05, 0) is 49.7 Å². The van der Waals surface area contributed by atoms with Gasteiger partial charge in [0.05, 0.1) is 18.7 Å². The molecule has 122 valence electrons. The number of benzene rings is 2. The SMILES string of the molecule is CCN(C(=O)c1cc(F)ccc1F)C(C)c1cccc(OC)c1. The Morgan fingerprint density at radius 2 is 1.96 bits per heavy atom. The normalized spacial score (nSPS) is 11.9. The first-order valence-corrected chi connectivity index (χ1v) is 7.38. The minimum atomic E-state index is -0.729. The zero-order valence-electron chi connectivity index (χ0n) is 13.3. The van der Waals surface area contributed by atoms with Crippen molar-refractivity contribution < 1.29 is 18.3 Å². The Morgan fingerprint density at radius 1 is 1.22 bits per heavy atom. The van der Waals surface area contributed by atoms with Gasteiger partial charge in [0.15, 0.2) is 0 Å². The lowest BCUT2D eigenvalue weighted by molar-refractivity contribution is 0.0696. The highest BCUT2D eigenvalue weighted by Crippen LogP contribution is 2.26. The molecule has 0 aliphatic carbocycles. The Hall–Kier alpha value is -2.43. The molecule has 1 atom stereocenters. The third kappa shape index (κ3) is 3.67. The van der Waals surface area contributed by atoms with Crippen LogP contribution in [-0.4, -0.2) is 24.5 Å². The standard InChI is InChI=1S/C18H19F2NO2/c1-4-21(12(2)13-6-5-7-15(10-13)23-3)18(22)16-11-14(19)8-9-17(16)20/h5-12H,4H2,1-3H3. The molecule has 0 fully saturated rings. The average molecular weight is 319 g/mol. The van der Waals surface area contributed by atoms with Gasteiger partial charge in [0, 0.05) is 6.54 Å². The zero-order valence-corrected chi connectivity index (χ0v) is 13.3. The van der Waals surface area contributed by atoms with Gasteiger partial charge in [0.1, 0.15) is 17.4 Å². The van der Waals surface area contributed by atoms with Crippen LogP contribution in [0, 0.1) is 11.6 Å². The molecule has 0 saturated carbocycles. The molecule has 0 saturated heterocycles. The summed E-state index contributed by atoms with van der Waals surface area (Å²) in [5.41, 5.74) is 0.595. The van der Waals surface area contributed by atoms with E-state index in [0.717, 1.165) is 23.8 Å². The zero-order chi connectivity index (χ0) is 17.0. The lowest BCUT2D eigenvalue weighted by Crippen LogP contribution is -2.34. The summed E-state index contributed by atoms with van der Waals surface area (Å²) in [6.45, 7) is 4.01. The smallest absolute Gasteiger partial charge is 0.257 e. The Bertz CT molecular complexity index is 703. The lowest BCUT2D eigenvalue weighted by Gasteiger charge is -2.29. The minimum absolute atomic E-state index is 0.262. The van der Waals surface area contributed by atoms with Crippen molar-refractivity contribution in [3.05, 3.63) is 65.2 Å². The fourth-order valence-corrected chi connectivity index (χ4v) is 2.49. The number of rotatable bonds is 5. The molecule has 1 amide bonds. The van der Waals surface area contributed by atoms with Crippen molar-refractivity contribution in [1.82, 2.24) is 4.90 Å². The molecule has 2 rings (SSSR count). The Morgan fingerprint density at radius 3 is 2.61 bits per heavy atom. The minimum Gasteiger partial charge on any atom is -0.497 e. The number of nitrogens with zero attached hydrogens (tertiary/aromatic N) is 1. The second kappa shape index (κ2) is 7.22. The number of hydrogen-bond acceptors (Lipinski definition) is 2. The molecule has 1 unspecified atom stereocenters. The van der Waals surface area contributed by atoms with E-state index in [9.17, 15) is 13.6 Å². The Labute approximate surface area is 134 Å². The first-order valence-electron chi connectivity index (χ1n) is 7.38. The summed E-state index contributed by atoms with van der Waals surface area (Å²) in [4.78, 5) is 14.1. The van der Waals surface area contributed by atoms with Crippen molar-refractivity contribution in [2.24, 2.45) is 0 Å². The number of amides is 1. The van der Waals surface area contributed by atoms with Crippen LogP contribution in [0.2, 0.25) is 0 Å². The first kappa shape index (κ1) is 16.9. The van der Waals surface area contributed by atoms with Gasteiger partial charge in [0.25, 0.3) is 5.91 Å². The van der Waals surface area contributed by atoms with Crippen molar-refractivity contribution in [3.8, 4) is 5.75 Å². The predicted octanol–water partition coefficient (Wildman–Crippen LogP) is 4.20. The summed E-state index contributed by atoms with van der Waals surface area (Å²) in [6, 6.07) is 9.91. The second-order valence-electron chi connectivity index (χ2n) is 5.17. The number of ether oxygens (including phenoxy) is 1. The molecule has 23 heavy (non-hydrogen) atoms. The highest BCUT2D eigenvalue weighted by molar-refractivity contribution is 5.94. The van der Waals surface area contributed by atoms with Gasteiger partial charge in [-0.2, -0.15) is 0 Å². The fraction of sp³-hybridized carbons (Fsp3) is 0.278. The van der Waals surface area contributed by atoms with Gasteiger partial charge in [0.2, 0.25) is 0 Å². The van der Waals surface area contributed by atoms with Crippen molar-refractivity contribution in [2.45, 2.75) is 19.9 Å². The van der Waals surface area contributed by atoms with E-state index in [1.165, 1.54) is 4.90 Å². The molecule has 0 spiro atoms. The third-order valence-electron chi connectivity index (χ3n) is 3.80. The number of carbonyl (C=O) groups is 1. The van der Waals surface area contributed by atoms with Crippen LogP contribution in [0.5, 0.6) is 5.75 Å². The van der Waals surface area contributed by atoms with Crippen molar-refractivity contribution in [1.29, 1.82) is 0 Å². The topological polar surface area (TPSA) is 29.5 Å². The molecule has 5 heteroatoms. The Balaban J connectivity index is 2.34. The number of halogens is 2.